The molecule has 0 bridgehead atoms. The van der Waals surface area contributed by atoms with E-state index in [2.05, 4.69) is 20.1 Å². The molecule has 7 nitrogen and oxygen atoms in total. The average molecular weight is 351 g/mol. The van der Waals surface area contributed by atoms with E-state index in [1.54, 1.807) is 0 Å². The van der Waals surface area contributed by atoms with Crippen molar-refractivity contribution in [2.24, 2.45) is 0 Å². The van der Waals surface area contributed by atoms with Crippen LogP contribution >= 0.6 is 0 Å². The first-order chi connectivity index (χ1) is 12.8. The molecule has 1 aliphatic carbocycles. The minimum atomic E-state index is 0.0452. The van der Waals surface area contributed by atoms with Crippen molar-refractivity contribution in [3.63, 3.8) is 0 Å². The zero-order valence-corrected chi connectivity index (χ0v) is 14.6. The number of aromatic nitrogens is 3. The second-order valence-corrected chi connectivity index (χ2v) is 6.98. The number of nitrogens with zero attached hydrogens (tertiary/aromatic N) is 4. The highest BCUT2D eigenvalue weighted by Crippen LogP contribution is 2.25. The van der Waals surface area contributed by atoms with Crippen molar-refractivity contribution in [2.75, 3.05) is 31.1 Å². The summed E-state index contributed by atoms with van der Waals surface area (Å²) in [6.45, 7) is 2.93. The van der Waals surface area contributed by atoms with E-state index < -0.39 is 0 Å². The van der Waals surface area contributed by atoms with Crippen LogP contribution in [0.1, 0.15) is 34.6 Å². The molecule has 1 N–H and O–H groups in total. The maximum Gasteiger partial charge on any atom is 0.298 e. The van der Waals surface area contributed by atoms with Crippen LogP contribution in [-0.4, -0.2) is 52.2 Å². The van der Waals surface area contributed by atoms with Crippen LogP contribution in [0.5, 0.6) is 0 Å². The fourth-order valence-electron chi connectivity index (χ4n) is 3.95. The molecule has 1 amide bonds. The summed E-state index contributed by atoms with van der Waals surface area (Å²) < 4.78 is 5.89. The van der Waals surface area contributed by atoms with Crippen LogP contribution in [0.15, 0.2) is 28.7 Å². The maximum absolute atomic E-state index is 12.9. The molecule has 0 atom stereocenters. The lowest BCUT2D eigenvalue weighted by Gasteiger charge is -2.20. The van der Waals surface area contributed by atoms with Crippen molar-refractivity contribution in [3.05, 3.63) is 41.2 Å². The number of H-pyrrole nitrogens is 1. The summed E-state index contributed by atoms with van der Waals surface area (Å²) in [5.41, 5.74) is 4.54. The molecule has 1 fully saturated rings. The first kappa shape index (κ1) is 15.4. The fraction of sp³-hybridized carbons (Fsp3) is 0.421. The van der Waals surface area contributed by atoms with Gasteiger partial charge in [-0.25, -0.2) is 0 Å². The van der Waals surface area contributed by atoms with Gasteiger partial charge in [-0.1, -0.05) is 12.1 Å². The number of fused-ring (bicyclic) bond motifs is 2. The van der Waals surface area contributed by atoms with E-state index >= 15 is 0 Å². The van der Waals surface area contributed by atoms with E-state index in [4.69, 9.17) is 4.42 Å². The highest BCUT2D eigenvalue weighted by Gasteiger charge is 2.28. The standard InChI is InChI=1S/C19H21N5O2/c25-18(17-13-5-3-7-14(13)21-22-17)23-9-4-10-24(12-11-23)19-20-15-6-1-2-8-16(15)26-19/h1-2,6,8H,3-5,7,9-12H2,(H,21,22). The molecule has 0 saturated carbocycles. The molecule has 1 aliphatic heterocycles. The van der Waals surface area contributed by atoms with Gasteiger partial charge in [0.25, 0.3) is 11.9 Å². The van der Waals surface area contributed by atoms with E-state index in [1.165, 1.54) is 0 Å². The zero-order valence-electron chi connectivity index (χ0n) is 14.6. The smallest absolute Gasteiger partial charge is 0.298 e. The van der Waals surface area contributed by atoms with E-state index in [0.29, 0.717) is 24.8 Å². The number of aryl methyl sites for hydroxylation is 1. The number of aromatic amines is 1. The summed E-state index contributed by atoms with van der Waals surface area (Å²) in [5, 5.41) is 7.33. The number of para-hydroxylation sites is 2. The first-order valence-electron chi connectivity index (χ1n) is 9.25. The van der Waals surface area contributed by atoms with Crippen molar-refractivity contribution in [1.29, 1.82) is 0 Å². The molecule has 1 saturated heterocycles. The lowest BCUT2D eigenvalue weighted by atomic mass is 10.2. The fourth-order valence-corrected chi connectivity index (χ4v) is 3.95. The van der Waals surface area contributed by atoms with Gasteiger partial charge in [-0.3, -0.25) is 9.89 Å². The van der Waals surface area contributed by atoms with E-state index in [9.17, 15) is 4.79 Å². The first-order valence-corrected chi connectivity index (χ1v) is 9.25. The van der Waals surface area contributed by atoms with Gasteiger partial charge in [-0.05, 0) is 37.8 Å². The molecule has 7 heteroatoms. The molecular weight excluding hydrogens is 330 g/mol. The monoisotopic (exact) mass is 351 g/mol. The molecule has 0 spiro atoms. The van der Waals surface area contributed by atoms with Gasteiger partial charge in [0, 0.05) is 37.4 Å². The molecule has 26 heavy (non-hydrogen) atoms. The van der Waals surface area contributed by atoms with Gasteiger partial charge < -0.3 is 14.2 Å². The topological polar surface area (TPSA) is 78.3 Å². The number of oxazole rings is 1. The van der Waals surface area contributed by atoms with Crippen LogP contribution < -0.4 is 4.90 Å². The molecule has 3 heterocycles. The van der Waals surface area contributed by atoms with Crippen LogP contribution in [0, 0.1) is 0 Å². The number of amides is 1. The Labute approximate surface area is 151 Å². The van der Waals surface area contributed by atoms with Gasteiger partial charge in [0.2, 0.25) is 0 Å². The molecule has 2 aliphatic rings. The van der Waals surface area contributed by atoms with Gasteiger partial charge in [0.15, 0.2) is 11.3 Å². The minimum absolute atomic E-state index is 0.0452. The van der Waals surface area contributed by atoms with E-state index in [1.807, 2.05) is 29.2 Å². The van der Waals surface area contributed by atoms with Gasteiger partial charge in [0.05, 0.1) is 0 Å². The van der Waals surface area contributed by atoms with Crippen molar-refractivity contribution in [1.82, 2.24) is 20.1 Å². The Hall–Kier alpha value is -2.83. The second-order valence-electron chi connectivity index (χ2n) is 6.98. The van der Waals surface area contributed by atoms with Gasteiger partial charge in [0.1, 0.15) is 5.52 Å². The maximum atomic E-state index is 12.9. The summed E-state index contributed by atoms with van der Waals surface area (Å²) in [7, 11) is 0. The van der Waals surface area contributed by atoms with Gasteiger partial charge in [-0.15, -0.1) is 0 Å². The van der Waals surface area contributed by atoms with Crippen LogP contribution in [0.25, 0.3) is 11.1 Å². The van der Waals surface area contributed by atoms with Crippen LogP contribution in [-0.2, 0) is 12.8 Å². The largest absolute Gasteiger partial charge is 0.423 e. The SMILES string of the molecule is O=C(c1n[nH]c2c1CCC2)N1CCCN(c2nc3ccccc3o2)CC1. The highest BCUT2D eigenvalue weighted by atomic mass is 16.4. The third-order valence-electron chi connectivity index (χ3n) is 5.35. The predicted molar refractivity (Wildman–Crippen MR) is 97.4 cm³/mol. The van der Waals surface area contributed by atoms with Crippen LogP contribution in [0.4, 0.5) is 6.01 Å². The molecule has 1 aromatic carbocycles. The number of carbonyl (C=O) groups excluding carboxylic acids is 1. The molecular formula is C19H21N5O2. The second kappa shape index (κ2) is 6.16. The Morgan fingerprint density at radius 3 is 2.92 bits per heavy atom. The van der Waals surface area contributed by atoms with Crippen molar-refractivity contribution in [3.8, 4) is 0 Å². The number of benzene rings is 1. The minimum Gasteiger partial charge on any atom is -0.423 e. The van der Waals surface area contributed by atoms with Crippen LogP contribution in [0.3, 0.4) is 0 Å². The quantitative estimate of drug-likeness (QED) is 0.767. The molecule has 2 aromatic heterocycles. The van der Waals surface area contributed by atoms with Gasteiger partial charge >= 0.3 is 0 Å². The molecule has 134 valence electrons. The number of hydrogen-bond acceptors (Lipinski definition) is 5. The molecule has 0 unspecified atom stereocenters. The Morgan fingerprint density at radius 1 is 1.08 bits per heavy atom. The Balaban J connectivity index is 1.32. The number of rotatable bonds is 2. The van der Waals surface area contributed by atoms with E-state index in [0.717, 1.165) is 61.1 Å². The molecule has 5 rings (SSSR count). The summed E-state index contributed by atoms with van der Waals surface area (Å²) >= 11 is 0. The third kappa shape index (κ3) is 2.55. The molecule has 3 aromatic rings. The zero-order chi connectivity index (χ0) is 17.5. The normalized spacial score (nSPS) is 17.5. The average Bonchev–Trinajstić information content (AvgIpc) is 3.32. The predicted octanol–water partition coefficient (Wildman–Crippen LogP) is 2.39. The highest BCUT2D eigenvalue weighted by molar-refractivity contribution is 5.94. The number of anilines is 1. The lowest BCUT2D eigenvalue weighted by molar-refractivity contribution is 0.0760. The van der Waals surface area contributed by atoms with E-state index in [-0.39, 0.29) is 5.91 Å². The van der Waals surface area contributed by atoms with Crippen molar-refractivity contribution >= 4 is 23.0 Å². The van der Waals surface area contributed by atoms with Crippen molar-refractivity contribution < 1.29 is 9.21 Å². The number of nitrogens with one attached hydrogen (secondary N) is 1. The third-order valence-corrected chi connectivity index (χ3v) is 5.35. The Morgan fingerprint density at radius 2 is 2.00 bits per heavy atom. The Bertz CT molecular complexity index is 927. The number of hydrogen-bond donors (Lipinski definition) is 1. The Kier molecular flexibility index (Phi) is 3.65. The number of carbonyl (C=O) groups is 1. The summed E-state index contributed by atoms with van der Waals surface area (Å²) in [5.74, 6) is 0.0452. The molecule has 0 radical (unpaired) electrons. The lowest BCUT2D eigenvalue weighted by Crippen LogP contribution is -2.35. The van der Waals surface area contributed by atoms with Crippen LogP contribution in [0.2, 0.25) is 0 Å². The summed E-state index contributed by atoms with van der Waals surface area (Å²) in [6, 6.07) is 8.43. The van der Waals surface area contributed by atoms with Gasteiger partial charge in [-0.2, -0.15) is 10.1 Å². The van der Waals surface area contributed by atoms with Crippen molar-refractivity contribution in [2.45, 2.75) is 25.7 Å². The summed E-state index contributed by atoms with van der Waals surface area (Å²) in [4.78, 5) is 21.6. The summed E-state index contributed by atoms with van der Waals surface area (Å²) in [6.07, 6.45) is 3.95.